The zero-order valence-electron chi connectivity index (χ0n) is 15.5. The van der Waals surface area contributed by atoms with Crippen LogP contribution in [-0.4, -0.2) is 24.7 Å². The lowest BCUT2D eigenvalue weighted by Gasteiger charge is -2.13. The molecule has 0 atom stereocenters. The summed E-state index contributed by atoms with van der Waals surface area (Å²) >= 11 is 1.57. The molecule has 3 aromatic rings. The molecule has 5 nitrogen and oxygen atoms in total. The highest BCUT2D eigenvalue weighted by Gasteiger charge is 2.16. The first kappa shape index (κ1) is 18.9. The average Bonchev–Trinajstić information content (AvgIpc) is 3.13. The number of nitrogens with zero attached hydrogens (tertiary/aromatic N) is 1. The lowest BCUT2D eigenvalue weighted by molar-refractivity contribution is 0.0521. The fourth-order valence-corrected chi connectivity index (χ4v) is 3.22. The molecule has 2 aromatic carbocycles. The largest absolute Gasteiger partial charge is 0.497 e. The molecule has 0 saturated carbocycles. The Morgan fingerprint density at radius 3 is 2.74 bits per heavy atom. The Morgan fingerprint density at radius 1 is 1.19 bits per heavy atom. The number of hydrogen-bond donors (Lipinski definition) is 0. The van der Waals surface area contributed by atoms with E-state index >= 15 is 0 Å². The first-order valence-corrected chi connectivity index (χ1v) is 9.48. The molecule has 0 fully saturated rings. The number of thiazole rings is 1. The number of carbonyl (C=O) groups is 1. The van der Waals surface area contributed by atoms with E-state index in [9.17, 15) is 4.79 Å². The van der Waals surface area contributed by atoms with Gasteiger partial charge >= 0.3 is 5.97 Å². The minimum Gasteiger partial charge on any atom is -0.497 e. The van der Waals surface area contributed by atoms with Crippen molar-refractivity contribution in [2.24, 2.45) is 0 Å². The van der Waals surface area contributed by atoms with Gasteiger partial charge in [-0.15, -0.1) is 11.3 Å². The fourth-order valence-electron chi connectivity index (χ4n) is 2.60. The molecule has 1 aromatic heterocycles. The summed E-state index contributed by atoms with van der Waals surface area (Å²) in [6.45, 7) is 4.35. The quantitative estimate of drug-likeness (QED) is 0.544. The van der Waals surface area contributed by atoms with Crippen molar-refractivity contribution < 1.29 is 19.0 Å². The van der Waals surface area contributed by atoms with Crippen LogP contribution in [-0.2, 0) is 11.3 Å². The van der Waals surface area contributed by atoms with Crippen LogP contribution in [0.1, 0.15) is 27.9 Å². The average molecular weight is 383 g/mol. The van der Waals surface area contributed by atoms with Crippen LogP contribution in [0.2, 0.25) is 0 Å². The maximum Gasteiger partial charge on any atom is 0.341 e. The number of methoxy groups -OCH3 is 1. The Morgan fingerprint density at radius 2 is 2.04 bits per heavy atom. The number of hydrogen-bond acceptors (Lipinski definition) is 6. The molecule has 0 bridgehead atoms. The second-order valence-electron chi connectivity index (χ2n) is 5.82. The highest BCUT2D eigenvalue weighted by Crippen LogP contribution is 2.29. The molecule has 3 rings (SSSR count). The van der Waals surface area contributed by atoms with E-state index in [-0.39, 0.29) is 0 Å². The van der Waals surface area contributed by atoms with Crippen molar-refractivity contribution in [3.05, 3.63) is 64.0 Å². The number of ether oxygens (including phenoxy) is 3. The predicted molar refractivity (Wildman–Crippen MR) is 106 cm³/mol. The van der Waals surface area contributed by atoms with Crippen LogP contribution in [0.5, 0.6) is 11.5 Å². The van der Waals surface area contributed by atoms with E-state index in [0.29, 0.717) is 24.5 Å². The van der Waals surface area contributed by atoms with Crippen LogP contribution in [0, 0.1) is 6.92 Å². The van der Waals surface area contributed by atoms with Crippen LogP contribution in [0.3, 0.4) is 0 Å². The third-order valence-corrected chi connectivity index (χ3v) is 4.69. The highest BCUT2D eigenvalue weighted by molar-refractivity contribution is 7.09. The highest BCUT2D eigenvalue weighted by atomic mass is 32.1. The third kappa shape index (κ3) is 4.65. The number of carbonyl (C=O) groups excluding carboxylic acids is 1. The Hall–Kier alpha value is -2.86. The third-order valence-electron chi connectivity index (χ3n) is 3.92. The minimum atomic E-state index is -0.410. The van der Waals surface area contributed by atoms with Gasteiger partial charge in [-0.3, -0.25) is 0 Å². The topological polar surface area (TPSA) is 57.7 Å². The summed E-state index contributed by atoms with van der Waals surface area (Å²) in [5.41, 5.74) is 3.03. The monoisotopic (exact) mass is 383 g/mol. The molecule has 0 amide bonds. The number of aromatic nitrogens is 1. The standard InChI is InChI=1S/C21H21NO4S/c1-4-25-21(23)18-11-16(19-13-27-14(2)22-19)8-9-20(18)26-12-15-6-5-7-17(10-15)24-3/h5-11,13H,4,12H2,1-3H3. The molecule has 0 aliphatic rings. The fraction of sp³-hybridized carbons (Fsp3) is 0.238. The zero-order valence-corrected chi connectivity index (χ0v) is 16.3. The first-order chi connectivity index (χ1) is 13.1. The van der Waals surface area contributed by atoms with Crippen molar-refractivity contribution in [1.29, 1.82) is 0 Å². The van der Waals surface area contributed by atoms with E-state index in [1.54, 1.807) is 37.5 Å². The SMILES string of the molecule is CCOC(=O)c1cc(-c2csc(C)n2)ccc1OCc1cccc(OC)c1. The van der Waals surface area contributed by atoms with Gasteiger partial charge in [0.05, 0.1) is 24.4 Å². The van der Waals surface area contributed by atoms with Crippen LogP contribution < -0.4 is 9.47 Å². The van der Waals surface area contributed by atoms with Crippen molar-refractivity contribution in [3.63, 3.8) is 0 Å². The van der Waals surface area contributed by atoms with Gasteiger partial charge in [0.2, 0.25) is 0 Å². The Labute approximate surface area is 162 Å². The van der Waals surface area contributed by atoms with Crippen molar-refractivity contribution in [3.8, 4) is 22.8 Å². The molecule has 6 heteroatoms. The summed E-state index contributed by atoms with van der Waals surface area (Å²) < 4.78 is 16.3. The van der Waals surface area contributed by atoms with E-state index in [2.05, 4.69) is 4.98 Å². The minimum absolute atomic E-state index is 0.300. The van der Waals surface area contributed by atoms with E-state index < -0.39 is 5.97 Å². The van der Waals surface area contributed by atoms with E-state index in [1.165, 1.54) is 0 Å². The lowest BCUT2D eigenvalue weighted by atomic mass is 10.1. The smallest absolute Gasteiger partial charge is 0.341 e. The normalized spacial score (nSPS) is 10.5. The molecule has 0 saturated heterocycles. The van der Waals surface area contributed by atoms with Crippen LogP contribution in [0.15, 0.2) is 47.8 Å². The van der Waals surface area contributed by atoms with Gasteiger partial charge in [-0.05, 0) is 49.7 Å². The van der Waals surface area contributed by atoms with E-state index in [4.69, 9.17) is 14.2 Å². The Bertz CT molecular complexity index is 935. The van der Waals surface area contributed by atoms with Crippen molar-refractivity contribution in [2.75, 3.05) is 13.7 Å². The van der Waals surface area contributed by atoms with Gasteiger partial charge in [0.1, 0.15) is 23.7 Å². The maximum absolute atomic E-state index is 12.4. The molecular formula is C21H21NO4S. The number of benzene rings is 2. The van der Waals surface area contributed by atoms with Gasteiger partial charge in [-0.1, -0.05) is 12.1 Å². The summed E-state index contributed by atoms with van der Waals surface area (Å²) in [6, 6.07) is 13.1. The maximum atomic E-state index is 12.4. The van der Waals surface area contributed by atoms with Gasteiger partial charge in [-0.2, -0.15) is 0 Å². The van der Waals surface area contributed by atoms with Crippen molar-refractivity contribution in [1.82, 2.24) is 4.98 Å². The summed E-state index contributed by atoms with van der Waals surface area (Å²) in [6.07, 6.45) is 0. The number of aryl methyl sites for hydroxylation is 1. The molecule has 1 heterocycles. The van der Waals surface area contributed by atoms with Gasteiger partial charge < -0.3 is 14.2 Å². The Kier molecular flexibility index (Phi) is 6.08. The second kappa shape index (κ2) is 8.68. The summed E-state index contributed by atoms with van der Waals surface area (Å²) in [5, 5.41) is 2.94. The van der Waals surface area contributed by atoms with Gasteiger partial charge in [-0.25, -0.2) is 9.78 Å². The molecule has 0 aliphatic carbocycles. The molecule has 0 N–H and O–H groups in total. The second-order valence-corrected chi connectivity index (χ2v) is 6.89. The van der Waals surface area contributed by atoms with Crippen LogP contribution in [0.4, 0.5) is 0 Å². The molecule has 27 heavy (non-hydrogen) atoms. The van der Waals surface area contributed by atoms with Crippen molar-refractivity contribution >= 4 is 17.3 Å². The van der Waals surface area contributed by atoms with Crippen LogP contribution >= 0.6 is 11.3 Å². The number of rotatable bonds is 7. The van der Waals surface area contributed by atoms with Gasteiger partial charge in [0, 0.05) is 10.9 Å². The van der Waals surface area contributed by atoms with Gasteiger partial charge in [0.25, 0.3) is 0 Å². The molecule has 140 valence electrons. The predicted octanol–water partition coefficient (Wildman–Crippen LogP) is 4.88. The molecule has 0 spiro atoms. The van der Waals surface area contributed by atoms with Gasteiger partial charge in [0.15, 0.2) is 0 Å². The van der Waals surface area contributed by atoms with E-state index in [1.807, 2.05) is 42.6 Å². The zero-order chi connectivity index (χ0) is 19.2. The molecular weight excluding hydrogens is 362 g/mol. The van der Waals surface area contributed by atoms with Crippen molar-refractivity contribution in [2.45, 2.75) is 20.5 Å². The number of esters is 1. The lowest BCUT2D eigenvalue weighted by Crippen LogP contribution is -2.08. The van der Waals surface area contributed by atoms with E-state index in [0.717, 1.165) is 27.6 Å². The Balaban J connectivity index is 1.87. The summed E-state index contributed by atoms with van der Waals surface area (Å²) in [7, 11) is 1.62. The summed E-state index contributed by atoms with van der Waals surface area (Å²) in [5.74, 6) is 0.829. The first-order valence-electron chi connectivity index (χ1n) is 8.60. The van der Waals surface area contributed by atoms with Crippen LogP contribution in [0.25, 0.3) is 11.3 Å². The summed E-state index contributed by atoms with van der Waals surface area (Å²) in [4.78, 5) is 16.9. The molecule has 0 unspecified atom stereocenters. The molecule has 0 aliphatic heterocycles. The molecule has 0 radical (unpaired) electrons.